The van der Waals surface area contributed by atoms with Gasteiger partial charge < -0.3 is 9.64 Å². The van der Waals surface area contributed by atoms with Gasteiger partial charge in [-0.15, -0.1) is 0 Å². The Labute approximate surface area is 162 Å². The molecular formula is C20H30N2O4S. The molecule has 0 bridgehead atoms. The highest BCUT2D eigenvalue weighted by Gasteiger charge is 2.35. The van der Waals surface area contributed by atoms with Gasteiger partial charge in [0, 0.05) is 18.6 Å². The Morgan fingerprint density at radius 3 is 2.56 bits per heavy atom. The van der Waals surface area contributed by atoms with E-state index in [1.165, 1.54) is 5.56 Å². The summed E-state index contributed by atoms with van der Waals surface area (Å²) in [5.41, 5.74) is 1.20. The number of amides is 1. The molecule has 1 amide bonds. The van der Waals surface area contributed by atoms with Crippen LogP contribution < -0.4 is 4.74 Å². The third kappa shape index (κ3) is 4.82. The number of nitrogens with zero attached hydrogens (tertiary/aromatic N) is 2. The van der Waals surface area contributed by atoms with Crippen LogP contribution in [0.15, 0.2) is 24.3 Å². The van der Waals surface area contributed by atoms with Gasteiger partial charge in [0.25, 0.3) is 0 Å². The van der Waals surface area contributed by atoms with Crippen LogP contribution in [-0.2, 0) is 14.6 Å². The molecule has 6 nitrogen and oxygen atoms in total. The normalized spacial score (nSPS) is 24.8. The van der Waals surface area contributed by atoms with Gasteiger partial charge in [0.1, 0.15) is 5.75 Å². The van der Waals surface area contributed by atoms with Crippen LogP contribution in [0.25, 0.3) is 0 Å². The van der Waals surface area contributed by atoms with Crippen molar-refractivity contribution in [2.45, 2.75) is 45.2 Å². The number of hydrogen-bond donors (Lipinski definition) is 0. The zero-order valence-corrected chi connectivity index (χ0v) is 17.1. The average Bonchev–Trinajstić information content (AvgIpc) is 3.23. The second-order valence-electron chi connectivity index (χ2n) is 7.37. The van der Waals surface area contributed by atoms with Gasteiger partial charge in [-0.25, -0.2) is 8.42 Å². The molecule has 0 aromatic heterocycles. The second kappa shape index (κ2) is 8.61. The second-order valence-corrected chi connectivity index (χ2v) is 9.60. The average molecular weight is 395 g/mol. The predicted molar refractivity (Wildman–Crippen MR) is 106 cm³/mol. The monoisotopic (exact) mass is 394 g/mol. The summed E-state index contributed by atoms with van der Waals surface area (Å²) in [6.45, 7) is 6.34. The topological polar surface area (TPSA) is 66.9 Å². The lowest BCUT2D eigenvalue weighted by molar-refractivity contribution is -0.134. The van der Waals surface area contributed by atoms with Gasteiger partial charge in [-0.3, -0.25) is 9.69 Å². The maximum atomic E-state index is 12.9. The Bertz CT molecular complexity index is 748. The Morgan fingerprint density at radius 2 is 1.96 bits per heavy atom. The van der Waals surface area contributed by atoms with Gasteiger partial charge in [0.2, 0.25) is 5.91 Å². The summed E-state index contributed by atoms with van der Waals surface area (Å²) >= 11 is 0. The van der Waals surface area contributed by atoms with Crippen molar-refractivity contribution in [2.75, 3.05) is 37.7 Å². The van der Waals surface area contributed by atoms with E-state index in [4.69, 9.17) is 4.74 Å². The van der Waals surface area contributed by atoms with Crippen LogP contribution >= 0.6 is 0 Å². The molecular weight excluding hydrogens is 364 g/mol. The van der Waals surface area contributed by atoms with E-state index < -0.39 is 9.84 Å². The molecule has 27 heavy (non-hydrogen) atoms. The molecule has 2 aliphatic heterocycles. The van der Waals surface area contributed by atoms with E-state index in [1.807, 2.05) is 26.0 Å². The number of rotatable bonds is 7. The van der Waals surface area contributed by atoms with Gasteiger partial charge in [0.05, 0.1) is 24.7 Å². The summed E-state index contributed by atoms with van der Waals surface area (Å²) in [5.74, 6) is 1.20. The molecule has 2 aliphatic rings. The number of sulfone groups is 1. The van der Waals surface area contributed by atoms with Crippen LogP contribution in [0.5, 0.6) is 5.75 Å². The summed E-state index contributed by atoms with van der Waals surface area (Å²) in [6, 6.07) is 8.20. The van der Waals surface area contributed by atoms with Crippen molar-refractivity contribution < 1.29 is 17.9 Å². The highest BCUT2D eigenvalue weighted by Crippen LogP contribution is 2.32. The number of hydrogen-bond acceptors (Lipinski definition) is 5. The number of benzene rings is 1. The fourth-order valence-electron chi connectivity index (χ4n) is 4.27. The van der Waals surface area contributed by atoms with Crippen LogP contribution in [0.2, 0.25) is 0 Å². The first-order chi connectivity index (χ1) is 12.9. The van der Waals surface area contributed by atoms with Crippen molar-refractivity contribution in [3.05, 3.63) is 29.8 Å². The van der Waals surface area contributed by atoms with Crippen LogP contribution in [0.1, 0.15) is 44.7 Å². The van der Waals surface area contributed by atoms with Crippen molar-refractivity contribution >= 4 is 15.7 Å². The molecule has 0 spiro atoms. The summed E-state index contributed by atoms with van der Waals surface area (Å²) in [7, 11) is -2.99. The van der Waals surface area contributed by atoms with E-state index in [2.05, 4.69) is 17.0 Å². The van der Waals surface area contributed by atoms with Crippen molar-refractivity contribution in [3.63, 3.8) is 0 Å². The van der Waals surface area contributed by atoms with Gasteiger partial charge in [-0.2, -0.15) is 0 Å². The minimum atomic E-state index is -2.99. The van der Waals surface area contributed by atoms with E-state index in [1.54, 1.807) is 4.90 Å². The number of ether oxygens (including phenoxy) is 1. The molecule has 0 radical (unpaired) electrons. The molecule has 2 heterocycles. The Morgan fingerprint density at radius 1 is 1.22 bits per heavy atom. The molecule has 1 aromatic carbocycles. The molecule has 0 saturated carbocycles. The molecule has 2 unspecified atom stereocenters. The Hall–Kier alpha value is -1.60. The van der Waals surface area contributed by atoms with E-state index in [0.717, 1.165) is 25.1 Å². The zero-order valence-electron chi connectivity index (χ0n) is 16.3. The molecule has 150 valence electrons. The van der Waals surface area contributed by atoms with Crippen molar-refractivity contribution in [1.29, 1.82) is 0 Å². The van der Waals surface area contributed by atoms with Gasteiger partial charge in [-0.05, 0) is 57.4 Å². The first kappa shape index (κ1) is 20.1. The van der Waals surface area contributed by atoms with Gasteiger partial charge in [0.15, 0.2) is 9.84 Å². The molecule has 2 saturated heterocycles. The zero-order chi connectivity index (χ0) is 19.4. The lowest BCUT2D eigenvalue weighted by atomic mass is 10.0. The molecule has 0 aliphatic carbocycles. The maximum absolute atomic E-state index is 12.9. The van der Waals surface area contributed by atoms with E-state index >= 15 is 0 Å². The van der Waals surface area contributed by atoms with Crippen LogP contribution in [0.4, 0.5) is 0 Å². The third-order valence-electron chi connectivity index (χ3n) is 5.59. The lowest BCUT2D eigenvalue weighted by Crippen LogP contribution is -2.46. The van der Waals surface area contributed by atoms with Gasteiger partial charge in [-0.1, -0.05) is 12.1 Å². The smallest absolute Gasteiger partial charge is 0.237 e. The van der Waals surface area contributed by atoms with E-state index in [0.29, 0.717) is 26.1 Å². The van der Waals surface area contributed by atoms with E-state index in [9.17, 15) is 13.2 Å². The molecule has 0 N–H and O–H groups in total. The predicted octanol–water partition coefficient (Wildman–Crippen LogP) is 2.26. The summed E-state index contributed by atoms with van der Waals surface area (Å²) in [6.07, 6.45) is 2.66. The maximum Gasteiger partial charge on any atom is 0.237 e. The number of likely N-dealkylation sites (N-methyl/N-ethyl adjacent to an activating group) is 1. The fourth-order valence-corrected chi connectivity index (χ4v) is 6.00. The number of carbonyl (C=O) groups excluding carboxylic acids is 1. The van der Waals surface area contributed by atoms with Crippen molar-refractivity contribution in [3.8, 4) is 5.75 Å². The van der Waals surface area contributed by atoms with Crippen LogP contribution in [-0.4, -0.2) is 67.9 Å². The summed E-state index contributed by atoms with van der Waals surface area (Å²) in [4.78, 5) is 16.9. The highest BCUT2D eigenvalue weighted by atomic mass is 32.2. The van der Waals surface area contributed by atoms with Crippen molar-refractivity contribution in [1.82, 2.24) is 9.80 Å². The molecule has 1 aromatic rings. The fraction of sp³-hybridized carbons (Fsp3) is 0.650. The van der Waals surface area contributed by atoms with Crippen LogP contribution in [0, 0.1) is 0 Å². The Kier molecular flexibility index (Phi) is 6.42. The number of likely N-dealkylation sites (tertiary alicyclic amines) is 1. The van der Waals surface area contributed by atoms with Crippen LogP contribution in [0.3, 0.4) is 0 Å². The first-order valence-electron chi connectivity index (χ1n) is 9.90. The van der Waals surface area contributed by atoms with Crippen molar-refractivity contribution in [2.24, 2.45) is 0 Å². The Balaban J connectivity index is 1.65. The molecule has 3 rings (SSSR count). The largest absolute Gasteiger partial charge is 0.494 e. The quantitative estimate of drug-likeness (QED) is 0.710. The highest BCUT2D eigenvalue weighted by molar-refractivity contribution is 7.91. The summed E-state index contributed by atoms with van der Waals surface area (Å²) in [5, 5.41) is 0. The first-order valence-corrected chi connectivity index (χ1v) is 11.7. The molecule has 7 heteroatoms. The lowest BCUT2D eigenvalue weighted by Gasteiger charge is -2.31. The third-order valence-corrected chi connectivity index (χ3v) is 7.34. The number of carbonyl (C=O) groups is 1. The molecule has 2 fully saturated rings. The summed E-state index contributed by atoms with van der Waals surface area (Å²) < 4.78 is 29.1. The minimum absolute atomic E-state index is 0.0393. The molecule has 2 atom stereocenters. The van der Waals surface area contributed by atoms with Gasteiger partial charge >= 0.3 is 0 Å². The SMILES string of the molecule is CCOc1ccc(C2CCCN2CC(=O)N(CC)C2CCS(=O)(=O)C2)cc1. The minimum Gasteiger partial charge on any atom is -0.494 e. The standard InChI is InChI=1S/C20H30N2O4S/c1-3-22(17-11-13-27(24,25)15-17)20(23)14-21-12-5-6-19(21)16-7-9-18(10-8-16)26-4-2/h7-10,17,19H,3-6,11-15H2,1-2H3. The van der Waals surface area contributed by atoms with E-state index in [-0.39, 0.29) is 29.5 Å².